The molecule has 4 N–H and O–H groups in total. The van der Waals surface area contributed by atoms with Crippen molar-refractivity contribution in [3.8, 4) is 0 Å². The topological polar surface area (TPSA) is 55.3 Å². The largest absolute Gasteiger partial charge is 0.327 e. The lowest BCUT2D eigenvalue weighted by atomic mass is 10.0. The van der Waals surface area contributed by atoms with Crippen LogP contribution in [0.25, 0.3) is 0 Å². The van der Waals surface area contributed by atoms with Crippen molar-refractivity contribution in [3.63, 3.8) is 0 Å². The smallest absolute Gasteiger partial charge is 0.0139 e. The highest BCUT2D eigenvalue weighted by molar-refractivity contribution is 4.68. The summed E-state index contributed by atoms with van der Waals surface area (Å²) >= 11 is 0. The summed E-state index contributed by atoms with van der Waals surface area (Å²) in [6.45, 7) is 9.55. The SMILES string of the molecule is CCCCCCCCCCCCCCCCN(CC(C)N)CC(C)N. The van der Waals surface area contributed by atoms with E-state index in [1.807, 2.05) is 0 Å². The number of nitrogens with two attached hydrogens (primary N) is 2. The molecule has 0 aromatic rings. The molecule has 0 aromatic heterocycles. The highest BCUT2D eigenvalue weighted by atomic mass is 15.1. The molecule has 0 radical (unpaired) electrons. The van der Waals surface area contributed by atoms with E-state index in [1.54, 1.807) is 0 Å². The zero-order chi connectivity index (χ0) is 18.8. The molecule has 2 unspecified atom stereocenters. The molecular weight excluding hydrogens is 306 g/mol. The molecule has 0 aromatic carbocycles. The normalized spacial score (nSPS) is 14.2. The van der Waals surface area contributed by atoms with Crippen molar-refractivity contribution >= 4 is 0 Å². The molecule has 0 saturated heterocycles. The van der Waals surface area contributed by atoms with Gasteiger partial charge in [0.25, 0.3) is 0 Å². The zero-order valence-electron chi connectivity index (χ0n) is 17.8. The minimum absolute atomic E-state index is 0.241. The van der Waals surface area contributed by atoms with Crippen LogP contribution in [0.15, 0.2) is 0 Å². The van der Waals surface area contributed by atoms with Crippen molar-refractivity contribution < 1.29 is 0 Å². The van der Waals surface area contributed by atoms with Crippen LogP contribution in [-0.2, 0) is 0 Å². The van der Waals surface area contributed by atoms with Gasteiger partial charge in [0.05, 0.1) is 0 Å². The van der Waals surface area contributed by atoms with Gasteiger partial charge in [0.2, 0.25) is 0 Å². The third kappa shape index (κ3) is 20.0. The lowest BCUT2D eigenvalue weighted by Crippen LogP contribution is -2.42. The van der Waals surface area contributed by atoms with Crippen molar-refractivity contribution in [1.29, 1.82) is 0 Å². The number of hydrogen-bond acceptors (Lipinski definition) is 3. The first-order valence-corrected chi connectivity index (χ1v) is 11.3. The molecule has 0 aliphatic carbocycles. The van der Waals surface area contributed by atoms with Crippen molar-refractivity contribution in [2.75, 3.05) is 19.6 Å². The van der Waals surface area contributed by atoms with Crippen molar-refractivity contribution in [3.05, 3.63) is 0 Å². The van der Waals surface area contributed by atoms with Gasteiger partial charge in [0.1, 0.15) is 0 Å². The number of nitrogens with zero attached hydrogens (tertiary/aromatic N) is 1. The van der Waals surface area contributed by atoms with Crippen LogP contribution in [0, 0.1) is 0 Å². The molecule has 0 bridgehead atoms. The van der Waals surface area contributed by atoms with E-state index < -0.39 is 0 Å². The first-order chi connectivity index (χ1) is 12.1. The maximum absolute atomic E-state index is 5.94. The van der Waals surface area contributed by atoms with Gasteiger partial charge in [-0.05, 0) is 26.8 Å². The van der Waals surface area contributed by atoms with Crippen molar-refractivity contribution in [2.24, 2.45) is 11.5 Å². The third-order valence-corrected chi connectivity index (χ3v) is 4.92. The van der Waals surface area contributed by atoms with Crippen LogP contribution < -0.4 is 11.5 Å². The summed E-state index contributed by atoms with van der Waals surface area (Å²) in [5.74, 6) is 0. The van der Waals surface area contributed by atoms with E-state index in [-0.39, 0.29) is 12.1 Å². The van der Waals surface area contributed by atoms with Gasteiger partial charge >= 0.3 is 0 Å². The Bertz CT molecular complexity index is 244. The zero-order valence-corrected chi connectivity index (χ0v) is 17.8. The van der Waals surface area contributed by atoms with Crippen LogP contribution in [0.4, 0.5) is 0 Å². The fourth-order valence-corrected chi connectivity index (χ4v) is 3.60. The Hall–Kier alpha value is -0.120. The third-order valence-electron chi connectivity index (χ3n) is 4.92. The first kappa shape index (κ1) is 24.9. The van der Waals surface area contributed by atoms with E-state index >= 15 is 0 Å². The first-order valence-electron chi connectivity index (χ1n) is 11.3. The lowest BCUT2D eigenvalue weighted by molar-refractivity contribution is 0.244. The lowest BCUT2D eigenvalue weighted by Gasteiger charge is -2.25. The summed E-state index contributed by atoms with van der Waals surface area (Å²) < 4.78 is 0. The number of hydrogen-bond donors (Lipinski definition) is 2. The summed E-state index contributed by atoms with van der Waals surface area (Å²) in [6.07, 6.45) is 19.8. The van der Waals surface area contributed by atoms with Gasteiger partial charge in [0, 0.05) is 25.2 Å². The predicted molar refractivity (Wildman–Crippen MR) is 114 cm³/mol. The van der Waals surface area contributed by atoms with Gasteiger partial charge in [-0.3, -0.25) is 0 Å². The standard InChI is InChI=1S/C22H49N3/c1-4-5-6-7-8-9-10-11-12-13-14-15-16-17-18-25(19-21(2)23)20-22(3)24/h21-22H,4-20,23-24H2,1-3H3. The van der Waals surface area contributed by atoms with E-state index in [2.05, 4.69) is 25.7 Å². The Morgan fingerprint density at radius 1 is 0.560 bits per heavy atom. The van der Waals surface area contributed by atoms with Crippen molar-refractivity contribution in [1.82, 2.24) is 4.90 Å². The van der Waals surface area contributed by atoms with Gasteiger partial charge in [-0.1, -0.05) is 90.4 Å². The molecule has 0 aliphatic heterocycles. The summed E-state index contributed by atoms with van der Waals surface area (Å²) in [5.41, 5.74) is 11.9. The van der Waals surface area contributed by atoms with E-state index in [4.69, 9.17) is 11.5 Å². The van der Waals surface area contributed by atoms with E-state index in [0.29, 0.717) is 0 Å². The molecule has 0 rings (SSSR count). The minimum atomic E-state index is 0.241. The Morgan fingerprint density at radius 3 is 1.20 bits per heavy atom. The maximum atomic E-state index is 5.94. The van der Waals surface area contributed by atoms with Gasteiger partial charge < -0.3 is 16.4 Å². The Kier molecular flexibility index (Phi) is 18.6. The van der Waals surface area contributed by atoms with E-state index in [9.17, 15) is 0 Å². The molecule has 3 nitrogen and oxygen atoms in total. The van der Waals surface area contributed by atoms with Crippen LogP contribution >= 0.6 is 0 Å². The van der Waals surface area contributed by atoms with Crippen LogP contribution in [-0.4, -0.2) is 36.6 Å². The molecule has 0 heterocycles. The average molecular weight is 356 g/mol. The summed E-state index contributed by atoms with van der Waals surface area (Å²) in [7, 11) is 0. The molecule has 2 atom stereocenters. The second-order valence-corrected chi connectivity index (χ2v) is 8.31. The second kappa shape index (κ2) is 18.7. The second-order valence-electron chi connectivity index (χ2n) is 8.31. The Morgan fingerprint density at radius 2 is 0.880 bits per heavy atom. The van der Waals surface area contributed by atoms with Crippen LogP contribution in [0.1, 0.15) is 111 Å². The summed E-state index contributed by atoms with van der Waals surface area (Å²) in [4.78, 5) is 2.44. The van der Waals surface area contributed by atoms with E-state index in [1.165, 1.54) is 89.9 Å². The van der Waals surface area contributed by atoms with E-state index in [0.717, 1.165) is 19.6 Å². The molecule has 0 saturated carbocycles. The van der Waals surface area contributed by atoms with Gasteiger partial charge in [-0.25, -0.2) is 0 Å². The molecule has 152 valence electrons. The molecule has 25 heavy (non-hydrogen) atoms. The Balaban J connectivity index is 3.33. The van der Waals surface area contributed by atoms with Crippen molar-refractivity contribution in [2.45, 2.75) is 123 Å². The van der Waals surface area contributed by atoms with Gasteiger partial charge in [-0.2, -0.15) is 0 Å². The van der Waals surface area contributed by atoms with Crippen LogP contribution in [0.2, 0.25) is 0 Å². The number of rotatable bonds is 19. The average Bonchev–Trinajstić information content (AvgIpc) is 2.54. The van der Waals surface area contributed by atoms with Gasteiger partial charge in [0.15, 0.2) is 0 Å². The van der Waals surface area contributed by atoms with Crippen LogP contribution in [0.5, 0.6) is 0 Å². The summed E-state index contributed by atoms with van der Waals surface area (Å²) in [6, 6.07) is 0.482. The summed E-state index contributed by atoms with van der Waals surface area (Å²) in [5, 5.41) is 0. The molecule has 0 aliphatic rings. The monoisotopic (exact) mass is 355 g/mol. The molecule has 0 amide bonds. The molecule has 0 fully saturated rings. The highest BCUT2D eigenvalue weighted by Crippen LogP contribution is 2.13. The maximum Gasteiger partial charge on any atom is 0.0139 e. The fraction of sp³-hybridized carbons (Fsp3) is 1.00. The molecule has 3 heteroatoms. The highest BCUT2D eigenvalue weighted by Gasteiger charge is 2.09. The molecular formula is C22H49N3. The van der Waals surface area contributed by atoms with Crippen LogP contribution in [0.3, 0.4) is 0 Å². The Labute approximate surface area is 159 Å². The molecule has 0 spiro atoms. The fourth-order valence-electron chi connectivity index (χ4n) is 3.60. The number of unbranched alkanes of at least 4 members (excludes halogenated alkanes) is 13. The minimum Gasteiger partial charge on any atom is -0.327 e. The predicted octanol–water partition coefficient (Wildman–Crippen LogP) is 5.46. The van der Waals surface area contributed by atoms with Gasteiger partial charge in [-0.15, -0.1) is 0 Å². The quantitative estimate of drug-likeness (QED) is 0.302.